The molecule has 1 fully saturated rings. The van der Waals surface area contributed by atoms with Crippen molar-refractivity contribution in [1.82, 2.24) is 4.98 Å². The SMILES string of the molecule is CCOC(=O)C1=C(C)N=C2C[C@H](c3ccccc3OC)[C@H](C(=O)OCC)C(=O)C2[C@@H]1c1ccccn1. The molecule has 1 aliphatic carbocycles. The summed E-state index contributed by atoms with van der Waals surface area (Å²) in [5, 5.41) is 0. The van der Waals surface area contributed by atoms with Crippen molar-refractivity contribution in [2.45, 2.75) is 39.0 Å². The van der Waals surface area contributed by atoms with E-state index < -0.39 is 35.6 Å². The molecule has 8 nitrogen and oxygen atoms in total. The minimum Gasteiger partial charge on any atom is -0.496 e. The van der Waals surface area contributed by atoms with E-state index in [0.29, 0.717) is 29.3 Å². The largest absolute Gasteiger partial charge is 0.496 e. The van der Waals surface area contributed by atoms with Gasteiger partial charge in [0, 0.05) is 29.2 Å². The molecule has 0 spiro atoms. The molecule has 1 aromatic carbocycles. The molecule has 1 unspecified atom stereocenters. The number of esters is 2. The first-order chi connectivity index (χ1) is 17.4. The first kappa shape index (κ1) is 25.3. The number of aliphatic imine (C=N–C) groups is 1. The van der Waals surface area contributed by atoms with Crippen molar-refractivity contribution in [1.29, 1.82) is 0 Å². The number of fused-ring (bicyclic) bond motifs is 1. The van der Waals surface area contributed by atoms with E-state index in [0.717, 1.165) is 5.56 Å². The van der Waals surface area contributed by atoms with Crippen molar-refractivity contribution in [3.63, 3.8) is 0 Å². The minimum absolute atomic E-state index is 0.142. The van der Waals surface area contributed by atoms with Crippen LogP contribution in [0.25, 0.3) is 0 Å². The Morgan fingerprint density at radius 1 is 1.00 bits per heavy atom. The van der Waals surface area contributed by atoms with Gasteiger partial charge in [-0.3, -0.25) is 19.6 Å². The first-order valence-electron chi connectivity index (χ1n) is 12.1. The third kappa shape index (κ3) is 4.55. The molecule has 8 heteroatoms. The zero-order valence-electron chi connectivity index (χ0n) is 20.9. The van der Waals surface area contributed by atoms with Crippen LogP contribution >= 0.6 is 0 Å². The number of methoxy groups -OCH3 is 1. The number of carbonyl (C=O) groups is 3. The van der Waals surface area contributed by atoms with Gasteiger partial charge in [0.1, 0.15) is 11.7 Å². The van der Waals surface area contributed by atoms with Crippen LogP contribution in [0, 0.1) is 11.8 Å². The van der Waals surface area contributed by atoms with Gasteiger partial charge in [-0.1, -0.05) is 24.3 Å². The Morgan fingerprint density at radius 2 is 1.72 bits per heavy atom. The van der Waals surface area contributed by atoms with Crippen LogP contribution in [0.15, 0.2) is 64.9 Å². The summed E-state index contributed by atoms with van der Waals surface area (Å²) < 4.78 is 16.3. The molecule has 4 rings (SSSR count). The number of ether oxygens (including phenoxy) is 3. The number of benzene rings is 1. The van der Waals surface area contributed by atoms with Gasteiger partial charge in [0.05, 0.1) is 37.7 Å². The van der Waals surface area contributed by atoms with Crippen LogP contribution in [0.4, 0.5) is 0 Å². The molecular formula is C28H30N2O6. The Hall–Kier alpha value is -3.81. The predicted molar refractivity (Wildman–Crippen MR) is 133 cm³/mol. The molecule has 1 aromatic heterocycles. The lowest BCUT2D eigenvalue weighted by molar-refractivity contribution is -0.153. The molecule has 0 amide bonds. The summed E-state index contributed by atoms with van der Waals surface area (Å²) in [6.07, 6.45) is 1.95. The van der Waals surface area contributed by atoms with Crippen LogP contribution in [-0.4, -0.2) is 48.7 Å². The molecule has 2 heterocycles. The van der Waals surface area contributed by atoms with Gasteiger partial charge in [-0.05, 0) is 51.0 Å². The highest BCUT2D eigenvalue weighted by atomic mass is 16.5. The Kier molecular flexibility index (Phi) is 7.62. The molecule has 188 valence electrons. The monoisotopic (exact) mass is 490 g/mol. The number of rotatable bonds is 7. The average Bonchev–Trinajstić information content (AvgIpc) is 2.88. The molecular weight excluding hydrogens is 460 g/mol. The molecule has 0 bridgehead atoms. The summed E-state index contributed by atoms with van der Waals surface area (Å²) in [5.41, 5.74) is 2.66. The molecule has 0 saturated heterocycles. The first-order valence-corrected chi connectivity index (χ1v) is 12.1. The van der Waals surface area contributed by atoms with Crippen molar-refractivity contribution < 1.29 is 28.6 Å². The van der Waals surface area contributed by atoms with E-state index in [2.05, 4.69) is 4.98 Å². The van der Waals surface area contributed by atoms with Crippen molar-refractivity contribution in [3.8, 4) is 5.75 Å². The summed E-state index contributed by atoms with van der Waals surface area (Å²) in [6, 6.07) is 12.7. The summed E-state index contributed by atoms with van der Waals surface area (Å²) in [5.74, 6) is -4.08. The number of allylic oxidation sites excluding steroid dienone is 1. The van der Waals surface area contributed by atoms with Crippen molar-refractivity contribution in [2.75, 3.05) is 20.3 Å². The average molecular weight is 491 g/mol. The number of carbonyl (C=O) groups excluding carboxylic acids is 3. The summed E-state index contributed by atoms with van der Waals surface area (Å²) in [4.78, 5) is 49.8. The number of aromatic nitrogens is 1. The van der Waals surface area contributed by atoms with Gasteiger partial charge in [0.25, 0.3) is 0 Å². The van der Waals surface area contributed by atoms with E-state index >= 15 is 0 Å². The molecule has 0 radical (unpaired) electrons. The van der Waals surface area contributed by atoms with E-state index in [9.17, 15) is 14.4 Å². The topological polar surface area (TPSA) is 104 Å². The molecule has 1 saturated carbocycles. The Morgan fingerprint density at radius 3 is 2.39 bits per heavy atom. The minimum atomic E-state index is -1.08. The van der Waals surface area contributed by atoms with E-state index in [1.54, 1.807) is 58.3 Å². The second-order valence-corrected chi connectivity index (χ2v) is 8.72. The summed E-state index contributed by atoms with van der Waals surface area (Å²) >= 11 is 0. The maximum atomic E-state index is 14.3. The number of pyridine rings is 1. The summed E-state index contributed by atoms with van der Waals surface area (Å²) in [7, 11) is 1.55. The Balaban J connectivity index is 1.90. The molecule has 2 aliphatic rings. The van der Waals surface area contributed by atoms with Gasteiger partial charge in [0.15, 0.2) is 5.78 Å². The quantitative estimate of drug-likeness (QED) is 0.426. The van der Waals surface area contributed by atoms with Crippen LogP contribution in [0.2, 0.25) is 0 Å². The third-order valence-electron chi connectivity index (χ3n) is 6.73. The van der Waals surface area contributed by atoms with E-state index in [1.165, 1.54) is 0 Å². The summed E-state index contributed by atoms with van der Waals surface area (Å²) in [6.45, 7) is 5.50. The molecule has 4 atom stereocenters. The Bertz CT molecular complexity index is 1220. The zero-order valence-corrected chi connectivity index (χ0v) is 20.9. The van der Waals surface area contributed by atoms with Gasteiger partial charge in [0.2, 0.25) is 0 Å². The van der Waals surface area contributed by atoms with E-state index in [4.69, 9.17) is 19.2 Å². The van der Waals surface area contributed by atoms with Gasteiger partial charge in [-0.25, -0.2) is 4.79 Å². The smallest absolute Gasteiger partial charge is 0.336 e. The maximum Gasteiger partial charge on any atom is 0.336 e. The fraction of sp³-hybridized carbons (Fsp3) is 0.393. The number of ketones is 1. The normalized spacial score (nSPS) is 23.4. The van der Waals surface area contributed by atoms with Crippen LogP contribution in [-0.2, 0) is 23.9 Å². The van der Waals surface area contributed by atoms with E-state index in [-0.39, 0.29) is 24.6 Å². The second-order valence-electron chi connectivity index (χ2n) is 8.72. The predicted octanol–water partition coefficient (Wildman–Crippen LogP) is 4.02. The number of nitrogens with zero attached hydrogens (tertiary/aromatic N) is 2. The third-order valence-corrected chi connectivity index (χ3v) is 6.73. The molecule has 0 N–H and O–H groups in total. The second kappa shape index (κ2) is 10.8. The highest BCUT2D eigenvalue weighted by Crippen LogP contribution is 2.49. The van der Waals surface area contributed by atoms with Crippen LogP contribution in [0.3, 0.4) is 0 Å². The van der Waals surface area contributed by atoms with Crippen molar-refractivity contribution in [2.24, 2.45) is 16.8 Å². The Labute approximate surface area is 210 Å². The van der Waals surface area contributed by atoms with Gasteiger partial charge in [-0.15, -0.1) is 0 Å². The highest BCUT2D eigenvalue weighted by Gasteiger charge is 2.53. The number of hydrogen-bond donors (Lipinski definition) is 0. The fourth-order valence-corrected chi connectivity index (χ4v) is 5.30. The standard InChI is InChI=1S/C28H30N2O6/c1-5-35-27(32)22-16(3)30-20-15-18(17-11-7-8-13-21(17)34-4)23(28(33)36-6-2)26(31)25(20)24(22)19-12-9-10-14-29-19/h7-14,18,23-25H,5-6,15H2,1-4H3/t18-,23+,24-,25?/m1/s1. The number of Topliss-reactive ketones (excluding diaryl/α,β-unsaturated/α-hetero) is 1. The van der Waals surface area contributed by atoms with Crippen LogP contribution in [0.1, 0.15) is 50.3 Å². The van der Waals surface area contributed by atoms with Gasteiger partial charge < -0.3 is 14.2 Å². The molecule has 36 heavy (non-hydrogen) atoms. The fourth-order valence-electron chi connectivity index (χ4n) is 5.30. The number of para-hydroxylation sites is 1. The maximum absolute atomic E-state index is 14.3. The highest BCUT2D eigenvalue weighted by molar-refractivity contribution is 6.17. The molecule has 1 aliphatic heterocycles. The molecule has 2 aromatic rings. The van der Waals surface area contributed by atoms with Crippen molar-refractivity contribution in [3.05, 3.63) is 71.2 Å². The zero-order chi connectivity index (χ0) is 25.8. The van der Waals surface area contributed by atoms with E-state index in [1.807, 2.05) is 18.2 Å². The lowest BCUT2D eigenvalue weighted by Gasteiger charge is -2.41. The van der Waals surface area contributed by atoms with Gasteiger partial charge in [-0.2, -0.15) is 0 Å². The van der Waals surface area contributed by atoms with Gasteiger partial charge >= 0.3 is 11.9 Å². The number of hydrogen-bond acceptors (Lipinski definition) is 8. The lowest BCUT2D eigenvalue weighted by Crippen LogP contribution is -2.49. The van der Waals surface area contributed by atoms with Crippen molar-refractivity contribution >= 4 is 23.4 Å². The van der Waals surface area contributed by atoms with Crippen LogP contribution in [0.5, 0.6) is 5.75 Å². The lowest BCUT2D eigenvalue weighted by atomic mass is 9.62. The van der Waals surface area contributed by atoms with Crippen LogP contribution < -0.4 is 4.74 Å².